The van der Waals surface area contributed by atoms with Gasteiger partial charge in [-0.05, 0) is 53.1 Å². The molecule has 1 N–H and O–H groups in total. The lowest BCUT2D eigenvalue weighted by Crippen LogP contribution is -2.28. The van der Waals surface area contributed by atoms with Crippen LogP contribution in [0, 0.1) is 0 Å². The molecular formula is C24H24N2O4. The smallest absolute Gasteiger partial charge is 0.414 e. The molecule has 0 spiro atoms. The Balaban J connectivity index is 1.42. The van der Waals surface area contributed by atoms with Gasteiger partial charge in [0, 0.05) is 12.2 Å². The van der Waals surface area contributed by atoms with Crippen molar-refractivity contribution in [3.63, 3.8) is 0 Å². The van der Waals surface area contributed by atoms with Gasteiger partial charge in [-0.2, -0.15) is 0 Å². The molecule has 0 radical (unpaired) electrons. The van der Waals surface area contributed by atoms with Crippen LogP contribution in [0.4, 0.5) is 10.5 Å². The Labute approximate surface area is 175 Å². The van der Waals surface area contributed by atoms with Crippen molar-refractivity contribution in [2.45, 2.75) is 19.4 Å². The summed E-state index contributed by atoms with van der Waals surface area (Å²) in [6, 6.07) is 19.5. The van der Waals surface area contributed by atoms with Crippen LogP contribution in [0.25, 0.3) is 10.8 Å². The maximum atomic E-state index is 12.7. The fraction of sp³-hybridized carbons (Fsp3) is 0.250. The minimum absolute atomic E-state index is 0.0474. The number of nitrogens with one attached hydrogen (secondary N) is 1. The predicted molar refractivity (Wildman–Crippen MR) is 116 cm³/mol. The van der Waals surface area contributed by atoms with Gasteiger partial charge in [-0.3, -0.25) is 9.69 Å². The highest BCUT2D eigenvalue weighted by Crippen LogP contribution is 2.25. The Morgan fingerprint density at radius 2 is 1.93 bits per heavy atom. The molecule has 1 aliphatic rings. The van der Waals surface area contributed by atoms with E-state index < -0.39 is 0 Å². The molecule has 6 nitrogen and oxygen atoms in total. The largest absolute Gasteiger partial charge is 0.497 e. The van der Waals surface area contributed by atoms with Gasteiger partial charge in [0.15, 0.2) is 0 Å². The summed E-state index contributed by atoms with van der Waals surface area (Å²) in [5.41, 5.74) is 2.67. The molecule has 0 aromatic heterocycles. The summed E-state index contributed by atoms with van der Waals surface area (Å²) in [7, 11) is 1.65. The van der Waals surface area contributed by atoms with E-state index in [-0.39, 0.29) is 17.9 Å². The van der Waals surface area contributed by atoms with Crippen molar-refractivity contribution < 1.29 is 19.1 Å². The van der Waals surface area contributed by atoms with Gasteiger partial charge in [-0.25, -0.2) is 4.79 Å². The predicted octanol–water partition coefficient (Wildman–Crippen LogP) is 4.22. The van der Waals surface area contributed by atoms with Gasteiger partial charge in [0.25, 0.3) is 0 Å². The zero-order chi connectivity index (χ0) is 21.1. The number of benzene rings is 3. The van der Waals surface area contributed by atoms with Gasteiger partial charge in [0.2, 0.25) is 5.91 Å². The second-order valence-corrected chi connectivity index (χ2v) is 7.35. The zero-order valence-electron chi connectivity index (χ0n) is 17.1. The van der Waals surface area contributed by atoms with Crippen LogP contribution in [0.1, 0.15) is 24.0 Å². The maximum Gasteiger partial charge on any atom is 0.414 e. The number of cyclic esters (lactones) is 1. The van der Waals surface area contributed by atoms with Gasteiger partial charge in [-0.15, -0.1) is 0 Å². The standard InChI is InChI=1S/C24H24N2O4/c1-16(18-6-7-20-14-22(29-2)9-8-19(20)13-18)23(27)25-15-17-4-3-5-21(12-17)26-10-11-30-24(26)28/h3-9,12-14,16H,10-11,15H2,1-2H3,(H,25,27)/t16-/m0/s1. The van der Waals surface area contributed by atoms with E-state index in [9.17, 15) is 9.59 Å². The van der Waals surface area contributed by atoms with Crippen molar-refractivity contribution in [3.05, 3.63) is 71.8 Å². The number of hydrogen-bond donors (Lipinski definition) is 1. The van der Waals surface area contributed by atoms with Crippen LogP contribution in [0.3, 0.4) is 0 Å². The van der Waals surface area contributed by atoms with Crippen molar-refractivity contribution in [3.8, 4) is 5.75 Å². The Morgan fingerprint density at radius 1 is 1.13 bits per heavy atom. The molecule has 0 aliphatic carbocycles. The van der Waals surface area contributed by atoms with E-state index in [0.29, 0.717) is 19.7 Å². The van der Waals surface area contributed by atoms with Gasteiger partial charge >= 0.3 is 6.09 Å². The summed E-state index contributed by atoms with van der Waals surface area (Å²) in [6.45, 7) is 3.23. The molecule has 0 saturated carbocycles. The molecule has 3 aromatic carbocycles. The molecule has 1 atom stereocenters. The van der Waals surface area contributed by atoms with Crippen LogP contribution >= 0.6 is 0 Å². The first-order valence-electron chi connectivity index (χ1n) is 9.94. The highest BCUT2D eigenvalue weighted by atomic mass is 16.6. The highest BCUT2D eigenvalue weighted by Gasteiger charge is 2.23. The highest BCUT2D eigenvalue weighted by molar-refractivity contribution is 5.90. The first kappa shape index (κ1) is 19.8. The van der Waals surface area contributed by atoms with E-state index in [0.717, 1.165) is 33.3 Å². The number of anilines is 1. The van der Waals surface area contributed by atoms with Crippen LogP contribution in [0.5, 0.6) is 5.75 Å². The summed E-state index contributed by atoms with van der Waals surface area (Å²) in [5.74, 6) is 0.479. The van der Waals surface area contributed by atoms with Crippen LogP contribution in [-0.2, 0) is 16.1 Å². The van der Waals surface area contributed by atoms with Crippen molar-refractivity contribution in [1.29, 1.82) is 0 Å². The van der Waals surface area contributed by atoms with E-state index in [4.69, 9.17) is 9.47 Å². The van der Waals surface area contributed by atoms with E-state index in [1.54, 1.807) is 12.0 Å². The fourth-order valence-corrected chi connectivity index (χ4v) is 3.59. The topological polar surface area (TPSA) is 67.9 Å². The number of methoxy groups -OCH3 is 1. The monoisotopic (exact) mass is 404 g/mol. The summed E-state index contributed by atoms with van der Waals surface area (Å²) < 4.78 is 10.3. The summed E-state index contributed by atoms with van der Waals surface area (Å²) in [6.07, 6.45) is -0.335. The van der Waals surface area contributed by atoms with Crippen molar-refractivity contribution in [2.24, 2.45) is 0 Å². The minimum atomic E-state index is -0.335. The molecule has 1 fully saturated rings. The number of rotatable bonds is 6. The molecule has 1 saturated heterocycles. The number of carbonyl (C=O) groups is 2. The molecular weight excluding hydrogens is 380 g/mol. The Morgan fingerprint density at radius 3 is 2.70 bits per heavy atom. The van der Waals surface area contributed by atoms with E-state index in [1.165, 1.54) is 0 Å². The summed E-state index contributed by atoms with van der Waals surface area (Å²) in [5, 5.41) is 5.14. The molecule has 1 heterocycles. The second-order valence-electron chi connectivity index (χ2n) is 7.35. The number of carbonyl (C=O) groups excluding carboxylic acids is 2. The second kappa shape index (κ2) is 8.45. The van der Waals surface area contributed by atoms with Gasteiger partial charge in [0.05, 0.1) is 19.6 Å². The Kier molecular flexibility index (Phi) is 5.57. The third kappa shape index (κ3) is 4.08. The third-order valence-electron chi connectivity index (χ3n) is 5.41. The SMILES string of the molecule is COc1ccc2cc([C@H](C)C(=O)NCc3cccc(N4CCOC4=O)c3)ccc2c1. The van der Waals surface area contributed by atoms with Gasteiger partial charge < -0.3 is 14.8 Å². The summed E-state index contributed by atoms with van der Waals surface area (Å²) >= 11 is 0. The zero-order valence-corrected chi connectivity index (χ0v) is 17.1. The number of hydrogen-bond acceptors (Lipinski definition) is 4. The van der Waals surface area contributed by atoms with Crippen LogP contribution < -0.4 is 15.0 Å². The molecule has 6 heteroatoms. The number of amides is 2. The Hall–Kier alpha value is -3.54. The van der Waals surface area contributed by atoms with Crippen molar-refractivity contribution in [2.75, 3.05) is 25.2 Å². The third-order valence-corrected chi connectivity index (χ3v) is 5.41. The number of fused-ring (bicyclic) bond motifs is 1. The summed E-state index contributed by atoms with van der Waals surface area (Å²) in [4.78, 5) is 26.1. The lowest BCUT2D eigenvalue weighted by Gasteiger charge is -2.16. The normalized spacial score (nSPS) is 14.5. The lowest BCUT2D eigenvalue weighted by atomic mass is 9.97. The van der Waals surface area contributed by atoms with Crippen LogP contribution in [-0.4, -0.2) is 32.3 Å². The first-order valence-corrected chi connectivity index (χ1v) is 9.94. The van der Waals surface area contributed by atoms with Gasteiger partial charge in [0.1, 0.15) is 12.4 Å². The van der Waals surface area contributed by atoms with Crippen molar-refractivity contribution in [1.82, 2.24) is 5.32 Å². The molecule has 0 unspecified atom stereocenters. The van der Waals surface area contributed by atoms with Crippen LogP contribution in [0.15, 0.2) is 60.7 Å². The molecule has 1 aliphatic heterocycles. The first-order chi connectivity index (χ1) is 14.5. The molecule has 4 rings (SSSR count). The molecule has 2 amide bonds. The lowest BCUT2D eigenvalue weighted by molar-refractivity contribution is -0.122. The average molecular weight is 404 g/mol. The quantitative estimate of drug-likeness (QED) is 0.668. The molecule has 154 valence electrons. The van der Waals surface area contributed by atoms with E-state index in [1.807, 2.05) is 67.6 Å². The van der Waals surface area contributed by atoms with Crippen LogP contribution in [0.2, 0.25) is 0 Å². The molecule has 3 aromatic rings. The molecule has 0 bridgehead atoms. The van der Waals surface area contributed by atoms with E-state index >= 15 is 0 Å². The van der Waals surface area contributed by atoms with E-state index in [2.05, 4.69) is 5.32 Å². The number of ether oxygens (including phenoxy) is 2. The van der Waals surface area contributed by atoms with Gasteiger partial charge in [-0.1, -0.05) is 36.4 Å². The minimum Gasteiger partial charge on any atom is -0.497 e. The number of nitrogens with zero attached hydrogens (tertiary/aromatic N) is 1. The van der Waals surface area contributed by atoms with Crippen molar-refractivity contribution >= 4 is 28.5 Å². The molecule has 30 heavy (non-hydrogen) atoms. The maximum absolute atomic E-state index is 12.7. The average Bonchev–Trinajstić information content (AvgIpc) is 3.22. The Bertz CT molecular complexity index is 1100. The fourth-order valence-electron chi connectivity index (χ4n) is 3.59.